The molecule has 2 saturated carbocycles. The number of rotatable bonds is 5. The molecule has 2 aromatic carbocycles. The van der Waals surface area contributed by atoms with Crippen LogP contribution in [0.3, 0.4) is 0 Å². The van der Waals surface area contributed by atoms with Crippen LogP contribution < -0.4 is 9.64 Å². The van der Waals surface area contributed by atoms with Gasteiger partial charge in [0.25, 0.3) is 5.91 Å². The van der Waals surface area contributed by atoms with Crippen LogP contribution in [0.15, 0.2) is 60.7 Å². The van der Waals surface area contributed by atoms with Gasteiger partial charge in [0.15, 0.2) is 0 Å². The van der Waals surface area contributed by atoms with E-state index in [0.29, 0.717) is 28.8 Å². The summed E-state index contributed by atoms with van der Waals surface area (Å²) < 4.78 is 5.29. The summed E-state index contributed by atoms with van der Waals surface area (Å²) in [5, 5.41) is 0. The first-order chi connectivity index (χ1) is 16.0. The molecule has 2 bridgehead atoms. The Labute approximate surface area is 192 Å². The van der Waals surface area contributed by atoms with Crippen LogP contribution in [0.1, 0.15) is 22.3 Å². The number of amides is 3. The molecule has 2 aromatic rings. The van der Waals surface area contributed by atoms with Crippen molar-refractivity contribution in [2.75, 3.05) is 18.7 Å². The summed E-state index contributed by atoms with van der Waals surface area (Å²) in [5.74, 6) is 0.893. The minimum atomic E-state index is -0.276. The summed E-state index contributed by atoms with van der Waals surface area (Å²) >= 11 is 0. The van der Waals surface area contributed by atoms with Gasteiger partial charge in [-0.2, -0.15) is 0 Å². The second-order valence-corrected chi connectivity index (χ2v) is 9.65. The molecule has 6 heteroatoms. The lowest BCUT2D eigenvalue weighted by Crippen LogP contribution is -2.45. The van der Waals surface area contributed by atoms with Crippen LogP contribution in [0.5, 0.6) is 5.75 Å². The van der Waals surface area contributed by atoms with Gasteiger partial charge in [-0.1, -0.05) is 36.4 Å². The number of methoxy groups -OCH3 is 1. The lowest BCUT2D eigenvalue weighted by molar-refractivity contribution is -0.140. The Morgan fingerprint density at radius 1 is 1.00 bits per heavy atom. The standard InChI is InChI=1S/C27H26N2O4/c1-15-6-3-4-9-22(15)28(25(30)16-7-5-8-17(12-16)33-2)14-29-26(31)23-18-10-11-19(21-13-20(18)21)24(23)27(29)32/h3-12,18-21,23-24H,13-14H2,1-2H3/t18-,19-,20-,21-,23+,24+/m0/s1. The van der Waals surface area contributed by atoms with Crippen molar-refractivity contribution < 1.29 is 19.1 Å². The van der Waals surface area contributed by atoms with Crippen molar-refractivity contribution in [3.8, 4) is 5.75 Å². The van der Waals surface area contributed by atoms with E-state index < -0.39 is 0 Å². The molecule has 3 fully saturated rings. The van der Waals surface area contributed by atoms with Gasteiger partial charge in [0.05, 0.1) is 18.9 Å². The number of ether oxygens (including phenoxy) is 1. The topological polar surface area (TPSA) is 66.9 Å². The lowest BCUT2D eigenvalue weighted by atomic mass is 9.63. The number of nitrogens with zero attached hydrogens (tertiary/aromatic N) is 2. The molecule has 7 rings (SSSR count). The Balaban J connectivity index is 1.35. The molecule has 168 valence electrons. The highest BCUT2D eigenvalue weighted by Crippen LogP contribution is 2.65. The van der Waals surface area contributed by atoms with Gasteiger partial charge in [0.2, 0.25) is 11.8 Å². The quantitative estimate of drug-likeness (QED) is 0.524. The molecule has 33 heavy (non-hydrogen) atoms. The number of likely N-dealkylation sites (tertiary alicyclic amines) is 1. The van der Waals surface area contributed by atoms with E-state index in [1.165, 1.54) is 4.90 Å². The van der Waals surface area contributed by atoms with Gasteiger partial charge >= 0.3 is 0 Å². The fourth-order valence-corrected chi connectivity index (χ4v) is 6.33. The van der Waals surface area contributed by atoms with Crippen LogP contribution in [0, 0.1) is 42.4 Å². The Bertz CT molecular complexity index is 1170. The number of hydrogen-bond acceptors (Lipinski definition) is 4. The number of carbonyl (C=O) groups is 3. The molecule has 6 atom stereocenters. The van der Waals surface area contributed by atoms with Crippen molar-refractivity contribution in [2.24, 2.45) is 35.5 Å². The molecule has 0 spiro atoms. The fraction of sp³-hybridized carbons (Fsp3) is 0.370. The van der Waals surface area contributed by atoms with Crippen LogP contribution >= 0.6 is 0 Å². The van der Waals surface area contributed by atoms with Crippen molar-refractivity contribution >= 4 is 23.4 Å². The maximum atomic E-state index is 13.7. The zero-order chi connectivity index (χ0) is 22.9. The highest BCUT2D eigenvalue weighted by Gasteiger charge is 2.67. The number of allylic oxidation sites excluding steroid dienone is 2. The van der Waals surface area contributed by atoms with Crippen LogP contribution in [-0.4, -0.2) is 36.4 Å². The minimum absolute atomic E-state index is 0.0830. The van der Waals surface area contributed by atoms with Gasteiger partial charge in [0, 0.05) is 11.3 Å². The largest absolute Gasteiger partial charge is 0.497 e. The molecule has 0 N–H and O–H groups in total. The third kappa shape index (κ3) is 2.96. The highest BCUT2D eigenvalue weighted by atomic mass is 16.5. The first-order valence-corrected chi connectivity index (χ1v) is 11.5. The molecule has 1 aliphatic heterocycles. The van der Waals surface area contributed by atoms with Gasteiger partial charge in [0.1, 0.15) is 12.4 Å². The number of anilines is 1. The van der Waals surface area contributed by atoms with Crippen molar-refractivity contribution in [2.45, 2.75) is 13.3 Å². The zero-order valence-corrected chi connectivity index (χ0v) is 18.7. The molecular weight excluding hydrogens is 416 g/mol. The number of aryl methyl sites for hydroxylation is 1. The minimum Gasteiger partial charge on any atom is -0.497 e. The Morgan fingerprint density at radius 3 is 2.30 bits per heavy atom. The van der Waals surface area contributed by atoms with Gasteiger partial charge < -0.3 is 4.74 Å². The van der Waals surface area contributed by atoms with Gasteiger partial charge in [-0.15, -0.1) is 0 Å². The maximum absolute atomic E-state index is 13.7. The average Bonchev–Trinajstić information content (AvgIpc) is 3.63. The number of benzene rings is 2. The van der Waals surface area contributed by atoms with E-state index in [2.05, 4.69) is 12.2 Å². The summed E-state index contributed by atoms with van der Waals surface area (Å²) in [6, 6.07) is 14.5. The lowest BCUT2D eigenvalue weighted by Gasteiger charge is -2.37. The van der Waals surface area contributed by atoms with E-state index in [0.717, 1.165) is 12.0 Å². The van der Waals surface area contributed by atoms with Crippen LogP contribution in [-0.2, 0) is 9.59 Å². The van der Waals surface area contributed by atoms with Gasteiger partial charge in [-0.25, -0.2) is 0 Å². The third-order valence-corrected chi connectivity index (χ3v) is 8.01. The number of para-hydroxylation sites is 1. The van der Waals surface area contributed by atoms with E-state index in [1.54, 1.807) is 36.3 Å². The van der Waals surface area contributed by atoms with E-state index in [1.807, 2.05) is 31.2 Å². The van der Waals surface area contributed by atoms with E-state index in [-0.39, 0.29) is 48.1 Å². The van der Waals surface area contributed by atoms with E-state index >= 15 is 0 Å². The van der Waals surface area contributed by atoms with Crippen molar-refractivity contribution in [3.63, 3.8) is 0 Å². The molecule has 3 amide bonds. The SMILES string of the molecule is COc1cccc(C(=O)N(CN2C(=O)[C@@H]3[C@H]4C=C[C@@H]([C@@H]5C[C@@H]45)[C@H]3C2=O)c2ccccc2C)c1. The predicted molar refractivity (Wildman–Crippen MR) is 122 cm³/mol. The van der Waals surface area contributed by atoms with Crippen LogP contribution in [0.2, 0.25) is 0 Å². The van der Waals surface area contributed by atoms with Crippen molar-refractivity contribution in [1.82, 2.24) is 4.90 Å². The van der Waals surface area contributed by atoms with E-state index in [4.69, 9.17) is 4.74 Å². The summed E-state index contributed by atoms with van der Waals surface area (Å²) in [6.07, 6.45) is 5.45. The smallest absolute Gasteiger partial charge is 0.259 e. The number of hydrogen-bond donors (Lipinski definition) is 0. The van der Waals surface area contributed by atoms with Crippen molar-refractivity contribution in [1.29, 1.82) is 0 Å². The molecule has 0 aromatic heterocycles. The second-order valence-electron chi connectivity index (χ2n) is 9.65. The summed E-state index contributed by atoms with van der Waals surface area (Å²) in [4.78, 5) is 43.6. The zero-order valence-electron chi connectivity index (χ0n) is 18.7. The molecule has 1 saturated heterocycles. The normalized spacial score (nSPS) is 30.8. The second kappa shape index (κ2) is 7.30. The molecule has 4 aliphatic carbocycles. The van der Waals surface area contributed by atoms with Crippen LogP contribution in [0.25, 0.3) is 0 Å². The van der Waals surface area contributed by atoms with Crippen LogP contribution in [0.4, 0.5) is 5.69 Å². The third-order valence-electron chi connectivity index (χ3n) is 8.01. The molecule has 5 aliphatic rings. The molecular formula is C27H26N2O4. The molecule has 0 unspecified atom stereocenters. The van der Waals surface area contributed by atoms with Gasteiger partial charge in [-0.05, 0) is 66.8 Å². The monoisotopic (exact) mass is 442 g/mol. The fourth-order valence-electron chi connectivity index (χ4n) is 6.33. The molecule has 0 radical (unpaired) electrons. The summed E-state index contributed by atoms with van der Waals surface area (Å²) in [6.45, 7) is 1.84. The van der Waals surface area contributed by atoms with Crippen molar-refractivity contribution in [3.05, 3.63) is 71.8 Å². The Hall–Kier alpha value is -3.41. The van der Waals surface area contributed by atoms with Gasteiger partial charge in [-0.3, -0.25) is 24.2 Å². The number of carbonyl (C=O) groups excluding carboxylic acids is 3. The first kappa shape index (κ1) is 20.2. The Morgan fingerprint density at radius 2 is 1.67 bits per heavy atom. The first-order valence-electron chi connectivity index (χ1n) is 11.5. The predicted octanol–water partition coefficient (Wildman–Crippen LogP) is 3.66. The summed E-state index contributed by atoms with van der Waals surface area (Å²) in [5.41, 5.74) is 2.02. The molecule has 1 heterocycles. The average molecular weight is 443 g/mol. The maximum Gasteiger partial charge on any atom is 0.259 e. The highest BCUT2D eigenvalue weighted by molar-refractivity contribution is 6.10. The Kier molecular flexibility index (Phi) is 4.47. The van der Waals surface area contributed by atoms with E-state index in [9.17, 15) is 14.4 Å². The summed E-state index contributed by atoms with van der Waals surface area (Å²) in [7, 11) is 1.55. The number of imide groups is 1. The molecule has 6 nitrogen and oxygen atoms in total.